The first-order valence-electron chi connectivity index (χ1n) is 7.73. The summed E-state index contributed by atoms with van der Waals surface area (Å²) in [6.45, 7) is 0.577. The van der Waals surface area contributed by atoms with E-state index < -0.39 is 0 Å². The maximum absolute atomic E-state index is 5.59. The van der Waals surface area contributed by atoms with E-state index in [0.29, 0.717) is 12.2 Å². The van der Waals surface area contributed by atoms with Crippen LogP contribution in [0.2, 0.25) is 0 Å². The number of fused-ring (bicyclic) bond motifs is 1. The Morgan fingerprint density at radius 2 is 2.33 bits per heavy atom. The second kappa shape index (κ2) is 7.45. The van der Waals surface area contributed by atoms with Gasteiger partial charge in [0.15, 0.2) is 5.65 Å². The van der Waals surface area contributed by atoms with E-state index >= 15 is 0 Å². The lowest BCUT2D eigenvalue weighted by Gasteiger charge is -2.06. The molecule has 0 saturated carbocycles. The highest BCUT2D eigenvalue weighted by Gasteiger charge is 2.09. The van der Waals surface area contributed by atoms with Crippen LogP contribution in [-0.2, 0) is 12.8 Å². The van der Waals surface area contributed by atoms with Crippen molar-refractivity contribution >= 4 is 23.1 Å². The number of aliphatic imine (C=N–C) groups is 1. The van der Waals surface area contributed by atoms with E-state index in [2.05, 4.69) is 25.3 Å². The molecule has 0 aliphatic rings. The Morgan fingerprint density at radius 1 is 1.42 bits per heavy atom. The van der Waals surface area contributed by atoms with E-state index in [1.807, 2.05) is 18.2 Å². The van der Waals surface area contributed by atoms with Gasteiger partial charge in [-0.3, -0.25) is 4.99 Å². The highest BCUT2D eigenvalue weighted by molar-refractivity contribution is 5.86. The van der Waals surface area contributed by atoms with Crippen molar-refractivity contribution in [3.63, 3.8) is 0 Å². The third-order valence-corrected chi connectivity index (χ3v) is 3.62. The molecule has 0 fully saturated rings. The van der Waals surface area contributed by atoms with Crippen molar-refractivity contribution in [2.24, 2.45) is 10.7 Å². The number of pyridine rings is 1. The molecule has 0 spiro atoms. The zero-order valence-electron chi connectivity index (χ0n) is 13.5. The summed E-state index contributed by atoms with van der Waals surface area (Å²) in [4.78, 5) is 16.2. The topological polar surface area (TPSA) is 105 Å². The van der Waals surface area contributed by atoms with Crippen molar-refractivity contribution in [3.8, 4) is 0 Å². The van der Waals surface area contributed by atoms with Gasteiger partial charge in [0.25, 0.3) is 0 Å². The largest absolute Gasteiger partial charge is 0.469 e. The molecule has 0 bridgehead atoms. The number of rotatable bonds is 7. The Hall–Kier alpha value is -3.09. The first kappa shape index (κ1) is 15.8. The van der Waals surface area contributed by atoms with Gasteiger partial charge < -0.3 is 20.5 Å². The summed E-state index contributed by atoms with van der Waals surface area (Å²) >= 11 is 0. The van der Waals surface area contributed by atoms with Crippen molar-refractivity contribution in [1.82, 2.24) is 15.0 Å². The van der Waals surface area contributed by atoms with E-state index in [9.17, 15) is 0 Å². The maximum Gasteiger partial charge on any atom is 0.179 e. The van der Waals surface area contributed by atoms with Crippen LogP contribution in [0.3, 0.4) is 0 Å². The summed E-state index contributed by atoms with van der Waals surface area (Å²) in [7, 11) is 1.72. The number of furan rings is 1. The molecule has 0 saturated heterocycles. The van der Waals surface area contributed by atoms with Crippen molar-refractivity contribution in [2.45, 2.75) is 12.8 Å². The first-order chi connectivity index (χ1) is 11.8. The molecule has 3 rings (SSSR count). The minimum Gasteiger partial charge on any atom is -0.469 e. The molecule has 0 unspecified atom stereocenters. The number of aromatic amines is 1. The van der Waals surface area contributed by atoms with Crippen molar-refractivity contribution in [3.05, 3.63) is 54.0 Å². The zero-order valence-corrected chi connectivity index (χ0v) is 13.5. The van der Waals surface area contributed by atoms with Crippen molar-refractivity contribution < 1.29 is 4.42 Å². The third-order valence-electron chi connectivity index (χ3n) is 3.62. The fourth-order valence-corrected chi connectivity index (χ4v) is 2.43. The predicted octanol–water partition coefficient (Wildman–Crippen LogP) is 2.29. The van der Waals surface area contributed by atoms with Crippen LogP contribution in [0.15, 0.2) is 51.8 Å². The molecule has 7 heteroatoms. The molecule has 3 heterocycles. The lowest BCUT2D eigenvalue weighted by molar-refractivity contribution is 0.507. The molecule has 0 aromatic carbocycles. The quantitative estimate of drug-likeness (QED) is 0.578. The van der Waals surface area contributed by atoms with Crippen molar-refractivity contribution in [1.29, 1.82) is 0 Å². The Balaban J connectivity index is 1.74. The number of aryl methyl sites for hydroxylation is 2. The summed E-state index contributed by atoms with van der Waals surface area (Å²) in [5.74, 6) is 1.83. The van der Waals surface area contributed by atoms with Gasteiger partial charge in [0.05, 0.1) is 12.0 Å². The highest BCUT2D eigenvalue weighted by atomic mass is 16.3. The summed E-state index contributed by atoms with van der Waals surface area (Å²) < 4.78 is 5.35. The average molecular weight is 324 g/mol. The number of H-pyrrole nitrogens is 1. The standard InChI is InChI=1S/C17H20N6O/c1-19-10-12(9-18)11-21-14-6-7-20-17-16(14)22-15(23-17)5-4-13-3-2-8-24-13/h2-3,6-10H,4-5,11,18H2,1H3,(H2,20,21,22,23)/b12-9+,19-10?. The van der Waals surface area contributed by atoms with Gasteiger partial charge in [-0.05, 0) is 18.2 Å². The Bertz CT molecular complexity index is 847. The van der Waals surface area contributed by atoms with Gasteiger partial charge >= 0.3 is 0 Å². The van der Waals surface area contributed by atoms with E-state index in [-0.39, 0.29) is 0 Å². The summed E-state index contributed by atoms with van der Waals surface area (Å²) in [5.41, 5.74) is 9.00. The van der Waals surface area contributed by atoms with Gasteiger partial charge in [-0.15, -0.1) is 0 Å². The molecule has 0 atom stereocenters. The molecule has 4 N–H and O–H groups in total. The van der Waals surface area contributed by atoms with Gasteiger partial charge in [-0.25, -0.2) is 9.97 Å². The molecular weight excluding hydrogens is 304 g/mol. The second-order valence-electron chi connectivity index (χ2n) is 5.30. The molecule has 3 aromatic rings. The molecule has 0 aliphatic heterocycles. The van der Waals surface area contributed by atoms with Gasteiger partial charge in [-0.1, -0.05) is 0 Å². The SMILES string of the molecule is CN=C/C(=C\N)CNc1ccnc2nc(CCc3ccco3)[nH]c12. The molecule has 24 heavy (non-hydrogen) atoms. The number of nitrogens with two attached hydrogens (primary N) is 1. The van der Waals surface area contributed by atoms with Crippen LogP contribution in [0.25, 0.3) is 11.2 Å². The van der Waals surface area contributed by atoms with Gasteiger partial charge in [-0.2, -0.15) is 0 Å². The third kappa shape index (κ3) is 3.62. The Morgan fingerprint density at radius 3 is 3.08 bits per heavy atom. The molecule has 0 radical (unpaired) electrons. The van der Waals surface area contributed by atoms with Crippen LogP contribution in [0, 0.1) is 0 Å². The van der Waals surface area contributed by atoms with E-state index in [4.69, 9.17) is 10.2 Å². The number of aromatic nitrogens is 3. The van der Waals surface area contributed by atoms with Gasteiger partial charge in [0.1, 0.15) is 17.1 Å². The summed E-state index contributed by atoms with van der Waals surface area (Å²) in [5, 5.41) is 3.34. The van der Waals surface area contributed by atoms with Crippen LogP contribution in [0.5, 0.6) is 0 Å². The molecule has 7 nitrogen and oxygen atoms in total. The molecule has 0 aliphatic carbocycles. The number of nitrogens with one attached hydrogen (secondary N) is 2. The van der Waals surface area contributed by atoms with E-state index in [0.717, 1.165) is 41.2 Å². The minimum atomic E-state index is 0.577. The monoisotopic (exact) mass is 324 g/mol. The highest BCUT2D eigenvalue weighted by Crippen LogP contribution is 2.20. The number of hydrogen-bond donors (Lipinski definition) is 3. The normalized spacial score (nSPS) is 12.3. The molecular formula is C17H20N6O. The first-order valence-corrected chi connectivity index (χ1v) is 7.73. The summed E-state index contributed by atoms with van der Waals surface area (Å²) in [6.07, 6.45) is 8.25. The minimum absolute atomic E-state index is 0.577. The lowest BCUT2D eigenvalue weighted by atomic mass is 10.2. The van der Waals surface area contributed by atoms with Crippen LogP contribution in [0.4, 0.5) is 5.69 Å². The molecule has 124 valence electrons. The van der Waals surface area contributed by atoms with Gasteiger partial charge in [0, 0.05) is 50.6 Å². The van der Waals surface area contributed by atoms with Crippen LogP contribution in [0.1, 0.15) is 11.6 Å². The molecule has 0 amide bonds. The zero-order chi connectivity index (χ0) is 16.8. The summed E-state index contributed by atoms with van der Waals surface area (Å²) in [6, 6.07) is 5.76. The fourth-order valence-electron chi connectivity index (χ4n) is 2.43. The average Bonchev–Trinajstić information content (AvgIpc) is 3.25. The predicted molar refractivity (Wildman–Crippen MR) is 95.2 cm³/mol. The smallest absolute Gasteiger partial charge is 0.179 e. The Labute approximate surface area is 139 Å². The second-order valence-corrected chi connectivity index (χ2v) is 5.30. The van der Waals surface area contributed by atoms with Crippen LogP contribution < -0.4 is 11.1 Å². The fraction of sp³-hybridized carbons (Fsp3) is 0.235. The van der Waals surface area contributed by atoms with Gasteiger partial charge in [0.2, 0.25) is 0 Å². The van der Waals surface area contributed by atoms with Crippen molar-refractivity contribution in [2.75, 3.05) is 18.9 Å². The number of anilines is 1. The Kier molecular flexibility index (Phi) is 4.90. The van der Waals surface area contributed by atoms with E-state index in [1.165, 1.54) is 0 Å². The van der Waals surface area contributed by atoms with Crippen LogP contribution in [-0.4, -0.2) is 34.8 Å². The number of imidazole rings is 1. The lowest BCUT2D eigenvalue weighted by Crippen LogP contribution is -2.08. The number of hydrogen-bond acceptors (Lipinski definition) is 6. The maximum atomic E-state index is 5.59. The number of nitrogens with zero attached hydrogens (tertiary/aromatic N) is 3. The van der Waals surface area contributed by atoms with E-state index in [1.54, 1.807) is 31.9 Å². The van der Waals surface area contributed by atoms with Crippen LogP contribution >= 0.6 is 0 Å². The molecule has 3 aromatic heterocycles.